The summed E-state index contributed by atoms with van der Waals surface area (Å²) in [5.41, 5.74) is 2.77. The number of piperidine rings is 1. The van der Waals surface area contributed by atoms with Gasteiger partial charge in [-0.05, 0) is 68.9 Å². The summed E-state index contributed by atoms with van der Waals surface area (Å²) in [6.45, 7) is 5.87. The van der Waals surface area contributed by atoms with Crippen LogP contribution < -0.4 is 4.90 Å². The van der Waals surface area contributed by atoms with Gasteiger partial charge in [-0.3, -0.25) is 0 Å². The highest BCUT2D eigenvalue weighted by Crippen LogP contribution is 2.49. The minimum atomic E-state index is 0.739. The van der Waals surface area contributed by atoms with E-state index in [0.29, 0.717) is 0 Å². The Morgan fingerprint density at radius 3 is 2.77 bits per heavy atom. The fourth-order valence-electron chi connectivity index (χ4n) is 4.26. The number of hydrogen-bond donors (Lipinski definition) is 0. The lowest BCUT2D eigenvalue weighted by Gasteiger charge is -2.38. The highest BCUT2D eigenvalue weighted by atomic mass is 32.2. The zero-order chi connectivity index (χ0) is 17.9. The molecule has 2 aromatic rings. The number of rotatable bonds is 5. The van der Waals surface area contributed by atoms with Crippen LogP contribution in [0.3, 0.4) is 0 Å². The first kappa shape index (κ1) is 18.3. The van der Waals surface area contributed by atoms with Crippen LogP contribution in [0.1, 0.15) is 32.6 Å². The number of hydrogen-bond acceptors (Lipinski definition) is 4. The summed E-state index contributed by atoms with van der Waals surface area (Å²) in [7, 11) is 0. The maximum Gasteiger partial charge on any atom is 0.0564 e. The fourth-order valence-corrected chi connectivity index (χ4v) is 5.77. The third-order valence-electron chi connectivity index (χ3n) is 5.67. The Balaban J connectivity index is 1.62. The number of likely N-dealkylation sites (tertiary alicyclic amines) is 1. The zero-order valence-corrected chi connectivity index (χ0v) is 17.4. The minimum Gasteiger partial charge on any atom is -0.340 e. The van der Waals surface area contributed by atoms with Crippen molar-refractivity contribution >= 4 is 34.9 Å². The summed E-state index contributed by atoms with van der Waals surface area (Å²) in [6.07, 6.45) is 7.52. The maximum absolute atomic E-state index is 2.69. The van der Waals surface area contributed by atoms with Crippen LogP contribution in [-0.2, 0) is 0 Å². The van der Waals surface area contributed by atoms with Gasteiger partial charge in [-0.2, -0.15) is 0 Å². The highest BCUT2D eigenvalue weighted by Gasteiger charge is 2.26. The Labute approximate surface area is 166 Å². The van der Waals surface area contributed by atoms with Crippen molar-refractivity contribution in [2.45, 2.75) is 53.3 Å². The SMILES string of the molecule is CCN1CCCCC1CCN1c2ccccc2Sc2ccc(SC)cc21. The molecule has 138 valence electrons. The second-order valence-corrected chi connectivity index (χ2v) is 9.09. The molecule has 1 unspecified atom stereocenters. The van der Waals surface area contributed by atoms with E-state index < -0.39 is 0 Å². The van der Waals surface area contributed by atoms with Gasteiger partial charge in [-0.25, -0.2) is 0 Å². The van der Waals surface area contributed by atoms with Gasteiger partial charge < -0.3 is 9.80 Å². The van der Waals surface area contributed by atoms with Gasteiger partial charge in [-0.1, -0.05) is 37.2 Å². The number of fused-ring (bicyclic) bond motifs is 2. The molecule has 2 aliphatic heterocycles. The van der Waals surface area contributed by atoms with Crippen LogP contribution in [-0.4, -0.2) is 36.8 Å². The van der Waals surface area contributed by atoms with Gasteiger partial charge in [0.2, 0.25) is 0 Å². The second-order valence-electron chi connectivity index (χ2n) is 7.12. The first-order valence-corrected chi connectivity index (χ1v) is 11.8. The van der Waals surface area contributed by atoms with Crippen molar-refractivity contribution in [2.75, 3.05) is 30.8 Å². The Hall–Kier alpha value is -1.10. The number of nitrogens with zero attached hydrogens (tertiary/aromatic N) is 2. The number of thioether (sulfide) groups is 1. The molecule has 1 atom stereocenters. The molecule has 0 bridgehead atoms. The Bertz CT molecular complexity index is 762. The van der Waals surface area contributed by atoms with Crippen LogP contribution in [0.2, 0.25) is 0 Å². The van der Waals surface area contributed by atoms with Crippen LogP contribution >= 0.6 is 23.5 Å². The van der Waals surface area contributed by atoms with Crippen LogP contribution in [0.15, 0.2) is 57.2 Å². The molecule has 4 rings (SSSR count). The predicted molar refractivity (Wildman–Crippen MR) is 115 cm³/mol. The molecule has 0 N–H and O–H groups in total. The first-order valence-electron chi connectivity index (χ1n) is 9.76. The Kier molecular flexibility index (Phi) is 5.82. The van der Waals surface area contributed by atoms with Crippen molar-refractivity contribution in [1.82, 2.24) is 4.90 Å². The van der Waals surface area contributed by atoms with Gasteiger partial charge in [0.05, 0.1) is 11.4 Å². The molecule has 26 heavy (non-hydrogen) atoms. The molecule has 0 amide bonds. The molecular weight excluding hydrogens is 356 g/mol. The highest BCUT2D eigenvalue weighted by molar-refractivity contribution is 8.00. The third kappa shape index (κ3) is 3.64. The van der Waals surface area contributed by atoms with E-state index in [9.17, 15) is 0 Å². The molecule has 0 aromatic heterocycles. The van der Waals surface area contributed by atoms with Crippen molar-refractivity contribution < 1.29 is 0 Å². The smallest absolute Gasteiger partial charge is 0.0564 e. The lowest BCUT2D eigenvalue weighted by molar-refractivity contribution is 0.150. The van der Waals surface area contributed by atoms with E-state index in [1.807, 2.05) is 23.5 Å². The quantitative estimate of drug-likeness (QED) is 0.560. The van der Waals surface area contributed by atoms with E-state index in [-0.39, 0.29) is 0 Å². The van der Waals surface area contributed by atoms with Crippen LogP contribution in [0.5, 0.6) is 0 Å². The summed E-state index contributed by atoms with van der Waals surface area (Å²) in [6, 6.07) is 16.5. The summed E-state index contributed by atoms with van der Waals surface area (Å²) in [4.78, 5) is 9.38. The summed E-state index contributed by atoms with van der Waals surface area (Å²) in [5, 5.41) is 0. The monoisotopic (exact) mass is 384 g/mol. The average molecular weight is 385 g/mol. The molecule has 2 aromatic carbocycles. The van der Waals surface area contributed by atoms with Crippen LogP contribution in [0.25, 0.3) is 0 Å². The van der Waals surface area contributed by atoms with E-state index in [4.69, 9.17) is 0 Å². The van der Waals surface area contributed by atoms with Crippen molar-refractivity contribution in [1.29, 1.82) is 0 Å². The molecular formula is C22H28N2S2. The topological polar surface area (TPSA) is 6.48 Å². The Morgan fingerprint density at radius 1 is 1.08 bits per heavy atom. The van der Waals surface area contributed by atoms with Crippen molar-refractivity contribution in [3.63, 3.8) is 0 Å². The number of para-hydroxylation sites is 1. The molecule has 2 heterocycles. The van der Waals surface area contributed by atoms with E-state index in [1.54, 1.807) is 0 Å². The fraction of sp³-hybridized carbons (Fsp3) is 0.455. The molecule has 0 aliphatic carbocycles. The van der Waals surface area contributed by atoms with E-state index in [0.717, 1.165) is 12.6 Å². The van der Waals surface area contributed by atoms with Crippen molar-refractivity contribution in [2.24, 2.45) is 0 Å². The largest absolute Gasteiger partial charge is 0.340 e. The molecule has 0 spiro atoms. The van der Waals surface area contributed by atoms with E-state index in [2.05, 4.69) is 65.4 Å². The standard InChI is InChI=1S/C22H28N2S2/c1-3-23-14-7-6-8-17(23)13-15-24-19-9-4-5-10-21(19)26-22-12-11-18(25-2)16-20(22)24/h4-5,9-12,16-17H,3,6-8,13-15H2,1-2H3. The van der Waals surface area contributed by atoms with Crippen LogP contribution in [0.4, 0.5) is 11.4 Å². The van der Waals surface area contributed by atoms with Gasteiger partial charge in [0.15, 0.2) is 0 Å². The molecule has 0 saturated carbocycles. The molecule has 1 saturated heterocycles. The maximum atomic E-state index is 2.69. The Morgan fingerprint density at radius 2 is 1.92 bits per heavy atom. The predicted octanol–water partition coefficient (Wildman–Crippen LogP) is 6.28. The first-order chi connectivity index (χ1) is 12.8. The van der Waals surface area contributed by atoms with Gasteiger partial charge in [0, 0.05) is 27.3 Å². The van der Waals surface area contributed by atoms with Crippen molar-refractivity contribution in [3.8, 4) is 0 Å². The average Bonchev–Trinajstić information content (AvgIpc) is 2.71. The molecule has 0 radical (unpaired) electrons. The van der Waals surface area contributed by atoms with E-state index in [1.165, 1.54) is 64.8 Å². The lowest BCUT2D eigenvalue weighted by atomic mass is 9.99. The molecule has 1 fully saturated rings. The minimum absolute atomic E-state index is 0.739. The van der Waals surface area contributed by atoms with Crippen LogP contribution in [0, 0.1) is 0 Å². The number of anilines is 2. The van der Waals surface area contributed by atoms with Gasteiger partial charge >= 0.3 is 0 Å². The summed E-state index contributed by atoms with van der Waals surface area (Å²) in [5.74, 6) is 0. The lowest BCUT2D eigenvalue weighted by Crippen LogP contribution is -2.41. The second kappa shape index (κ2) is 8.28. The number of benzene rings is 2. The molecule has 2 nitrogen and oxygen atoms in total. The van der Waals surface area contributed by atoms with Gasteiger partial charge in [0.25, 0.3) is 0 Å². The van der Waals surface area contributed by atoms with E-state index >= 15 is 0 Å². The normalized spacial score (nSPS) is 19.9. The molecule has 2 aliphatic rings. The summed E-state index contributed by atoms with van der Waals surface area (Å²) >= 11 is 3.74. The third-order valence-corrected chi connectivity index (χ3v) is 7.53. The van der Waals surface area contributed by atoms with Gasteiger partial charge in [0.1, 0.15) is 0 Å². The molecule has 4 heteroatoms. The van der Waals surface area contributed by atoms with Gasteiger partial charge in [-0.15, -0.1) is 11.8 Å². The zero-order valence-electron chi connectivity index (χ0n) is 15.8. The summed E-state index contributed by atoms with van der Waals surface area (Å²) < 4.78 is 0. The van der Waals surface area contributed by atoms with Crippen molar-refractivity contribution in [3.05, 3.63) is 42.5 Å².